The van der Waals surface area contributed by atoms with Crippen LogP contribution in [0, 0.1) is 6.92 Å². The maximum absolute atomic E-state index is 11.6. The number of aliphatic hydroxyl groups is 2. The third-order valence-electron chi connectivity index (χ3n) is 3.13. The molecule has 1 rings (SSSR count). The van der Waals surface area contributed by atoms with Gasteiger partial charge in [-0.05, 0) is 20.3 Å². The maximum Gasteiger partial charge on any atom is 0.341 e. The fraction of sp³-hybridized carbons (Fsp3) is 0.615. The van der Waals surface area contributed by atoms with Crippen LogP contribution < -0.4 is 5.32 Å². The van der Waals surface area contributed by atoms with Gasteiger partial charge in [0.15, 0.2) is 0 Å². The smallest absolute Gasteiger partial charge is 0.341 e. The first kappa shape index (κ1) is 16.3. The number of aliphatic hydroxyl groups excluding tert-OH is 2. The number of nitrogens with one attached hydrogen (secondary N) is 1. The van der Waals surface area contributed by atoms with Crippen LogP contribution in [-0.2, 0) is 4.74 Å². The summed E-state index contributed by atoms with van der Waals surface area (Å²) in [5.74, 6) is -0.219. The second kappa shape index (κ2) is 7.16. The fourth-order valence-corrected chi connectivity index (χ4v) is 1.61. The summed E-state index contributed by atoms with van der Waals surface area (Å²) >= 11 is 0. The molecule has 1 aromatic heterocycles. The van der Waals surface area contributed by atoms with Crippen LogP contribution in [0.3, 0.4) is 0 Å². The lowest BCUT2D eigenvalue weighted by Crippen LogP contribution is -2.45. The van der Waals surface area contributed by atoms with Crippen LogP contribution in [-0.4, -0.2) is 51.5 Å². The van der Waals surface area contributed by atoms with Gasteiger partial charge < -0.3 is 20.3 Å². The zero-order valence-corrected chi connectivity index (χ0v) is 12.0. The summed E-state index contributed by atoms with van der Waals surface area (Å²) in [4.78, 5) is 19.8. The molecule has 0 aliphatic heterocycles. The molecule has 0 aliphatic carbocycles. The van der Waals surface area contributed by atoms with Crippen LogP contribution in [0.25, 0.3) is 0 Å². The number of hydrogen-bond acceptors (Lipinski definition) is 7. The number of aryl methyl sites for hydroxylation is 1. The quantitative estimate of drug-likeness (QED) is 0.626. The lowest BCUT2D eigenvalue weighted by molar-refractivity contribution is 0.0524. The van der Waals surface area contributed by atoms with E-state index >= 15 is 0 Å². The highest BCUT2D eigenvalue weighted by Gasteiger charge is 2.27. The third-order valence-corrected chi connectivity index (χ3v) is 3.13. The van der Waals surface area contributed by atoms with Crippen molar-refractivity contribution in [3.05, 3.63) is 17.5 Å². The molecule has 0 fully saturated rings. The number of esters is 1. The van der Waals surface area contributed by atoms with Crippen LogP contribution in [0.1, 0.15) is 36.3 Å². The van der Waals surface area contributed by atoms with E-state index in [4.69, 9.17) is 4.74 Å². The summed E-state index contributed by atoms with van der Waals surface area (Å²) in [6, 6.07) is 0. The molecule has 1 heterocycles. The molecule has 1 aromatic rings. The first-order valence-electron chi connectivity index (χ1n) is 6.52. The molecular formula is C13H21N3O4. The van der Waals surface area contributed by atoms with Crippen LogP contribution in [0.2, 0.25) is 0 Å². The summed E-state index contributed by atoms with van der Waals surface area (Å²) in [5.41, 5.74) is -0.105. The zero-order valence-electron chi connectivity index (χ0n) is 12.0. The maximum atomic E-state index is 11.6. The summed E-state index contributed by atoms with van der Waals surface area (Å²) in [7, 11) is 0. The van der Waals surface area contributed by atoms with Gasteiger partial charge in [0.2, 0.25) is 5.95 Å². The van der Waals surface area contributed by atoms with Gasteiger partial charge in [0.05, 0.1) is 36.6 Å². The molecular weight excluding hydrogens is 262 g/mol. The SMILES string of the molecule is CCOC(=O)c1cnc(NC(CC)(CO)CO)nc1C. The highest BCUT2D eigenvalue weighted by atomic mass is 16.5. The van der Waals surface area contributed by atoms with E-state index in [9.17, 15) is 15.0 Å². The minimum atomic E-state index is -0.877. The molecule has 0 radical (unpaired) electrons. The van der Waals surface area contributed by atoms with E-state index in [1.165, 1.54) is 6.20 Å². The van der Waals surface area contributed by atoms with E-state index in [-0.39, 0.29) is 25.8 Å². The summed E-state index contributed by atoms with van der Waals surface area (Å²) in [5, 5.41) is 21.6. The van der Waals surface area contributed by atoms with E-state index in [2.05, 4.69) is 15.3 Å². The Kier molecular flexibility index (Phi) is 5.84. The van der Waals surface area contributed by atoms with Crippen molar-refractivity contribution in [1.29, 1.82) is 0 Å². The molecule has 0 saturated carbocycles. The van der Waals surface area contributed by atoms with Crippen molar-refractivity contribution in [1.82, 2.24) is 9.97 Å². The average molecular weight is 283 g/mol. The van der Waals surface area contributed by atoms with E-state index in [0.717, 1.165) is 0 Å². The number of carbonyl (C=O) groups is 1. The molecule has 3 N–H and O–H groups in total. The van der Waals surface area contributed by atoms with E-state index in [1.54, 1.807) is 13.8 Å². The molecule has 0 bridgehead atoms. The van der Waals surface area contributed by atoms with Crippen LogP contribution >= 0.6 is 0 Å². The topological polar surface area (TPSA) is 105 Å². The van der Waals surface area contributed by atoms with E-state index in [0.29, 0.717) is 17.7 Å². The van der Waals surface area contributed by atoms with Crippen molar-refractivity contribution in [2.45, 2.75) is 32.7 Å². The zero-order chi connectivity index (χ0) is 15.2. The standard InChI is InChI=1S/C13H21N3O4/c1-4-13(7-17,8-18)16-12-14-6-10(9(3)15-12)11(19)20-5-2/h6,17-18H,4-5,7-8H2,1-3H3,(H,14,15,16). The van der Waals surface area contributed by atoms with Crippen molar-refractivity contribution >= 4 is 11.9 Å². The normalized spacial score (nSPS) is 11.2. The molecule has 0 amide bonds. The Morgan fingerprint density at radius 3 is 2.50 bits per heavy atom. The molecule has 0 aliphatic rings. The lowest BCUT2D eigenvalue weighted by Gasteiger charge is -2.29. The van der Waals surface area contributed by atoms with Crippen molar-refractivity contribution in [2.75, 3.05) is 25.1 Å². The number of hydrogen-bond donors (Lipinski definition) is 3. The molecule has 112 valence electrons. The molecule has 7 nitrogen and oxygen atoms in total. The molecule has 0 spiro atoms. The second-order valence-corrected chi connectivity index (χ2v) is 4.49. The number of rotatable bonds is 7. The molecule has 0 unspecified atom stereocenters. The Bertz CT molecular complexity index is 453. The number of aromatic nitrogens is 2. The predicted molar refractivity (Wildman–Crippen MR) is 73.5 cm³/mol. The third kappa shape index (κ3) is 3.64. The van der Waals surface area contributed by atoms with Gasteiger partial charge in [-0.1, -0.05) is 6.92 Å². The average Bonchev–Trinajstić information content (AvgIpc) is 2.45. The van der Waals surface area contributed by atoms with Crippen molar-refractivity contribution in [2.24, 2.45) is 0 Å². The van der Waals surface area contributed by atoms with E-state index in [1.807, 2.05) is 6.92 Å². The monoisotopic (exact) mass is 283 g/mol. The van der Waals surface area contributed by atoms with E-state index < -0.39 is 11.5 Å². The van der Waals surface area contributed by atoms with Crippen molar-refractivity contribution < 1.29 is 19.7 Å². The van der Waals surface area contributed by atoms with Crippen LogP contribution in [0.4, 0.5) is 5.95 Å². The van der Waals surface area contributed by atoms with Gasteiger partial charge in [-0.2, -0.15) is 0 Å². The minimum absolute atomic E-state index is 0.248. The first-order chi connectivity index (χ1) is 9.51. The summed E-state index contributed by atoms with van der Waals surface area (Å²) in [6.07, 6.45) is 1.87. The first-order valence-corrected chi connectivity index (χ1v) is 6.52. The molecule has 20 heavy (non-hydrogen) atoms. The van der Waals surface area contributed by atoms with Gasteiger partial charge in [-0.3, -0.25) is 0 Å². The Morgan fingerprint density at radius 1 is 1.40 bits per heavy atom. The number of ether oxygens (including phenoxy) is 1. The number of carbonyl (C=O) groups excluding carboxylic acids is 1. The van der Waals surface area contributed by atoms with Gasteiger partial charge in [-0.15, -0.1) is 0 Å². The highest BCUT2D eigenvalue weighted by molar-refractivity contribution is 5.90. The molecule has 0 atom stereocenters. The number of anilines is 1. The highest BCUT2D eigenvalue weighted by Crippen LogP contribution is 2.16. The molecule has 0 saturated heterocycles. The molecule has 0 aromatic carbocycles. The predicted octanol–water partition coefficient (Wildman–Crippen LogP) is 0.507. The van der Waals surface area contributed by atoms with Gasteiger partial charge in [0.1, 0.15) is 0 Å². The Hall–Kier alpha value is -1.73. The Balaban J connectivity index is 2.95. The molecule has 7 heteroatoms. The largest absolute Gasteiger partial charge is 0.462 e. The van der Waals surface area contributed by atoms with Crippen LogP contribution in [0.15, 0.2) is 6.20 Å². The van der Waals surface area contributed by atoms with Gasteiger partial charge >= 0.3 is 5.97 Å². The van der Waals surface area contributed by atoms with Gasteiger partial charge in [0, 0.05) is 6.20 Å². The summed E-state index contributed by atoms with van der Waals surface area (Å²) < 4.78 is 4.89. The van der Waals surface area contributed by atoms with Gasteiger partial charge in [-0.25, -0.2) is 14.8 Å². The Morgan fingerprint density at radius 2 is 2.05 bits per heavy atom. The summed E-state index contributed by atoms with van der Waals surface area (Å²) in [6.45, 7) is 5.02. The van der Waals surface area contributed by atoms with Gasteiger partial charge in [0.25, 0.3) is 0 Å². The fourth-order valence-electron chi connectivity index (χ4n) is 1.61. The minimum Gasteiger partial charge on any atom is -0.462 e. The van der Waals surface area contributed by atoms with Crippen molar-refractivity contribution in [3.8, 4) is 0 Å². The lowest BCUT2D eigenvalue weighted by atomic mass is 9.99. The second-order valence-electron chi connectivity index (χ2n) is 4.49. The Labute approximate surface area is 118 Å². The van der Waals surface area contributed by atoms with Crippen molar-refractivity contribution in [3.63, 3.8) is 0 Å². The number of nitrogens with zero attached hydrogens (tertiary/aromatic N) is 2. The van der Waals surface area contributed by atoms with Crippen LogP contribution in [0.5, 0.6) is 0 Å².